The average molecular weight is 324 g/mol. The second-order valence-corrected chi connectivity index (χ2v) is 5.45. The summed E-state index contributed by atoms with van der Waals surface area (Å²) in [6.07, 6.45) is 3.06. The highest BCUT2D eigenvalue weighted by molar-refractivity contribution is 5.93. The Kier molecular flexibility index (Phi) is 3.34. The molecule has 1 aromatic carbocycles. The number of esters is 1. The van der Waals surface area contributed by atoms with Crippen LogP contribution in [0.25, 0.3) is 11.0 Å². The number of para-hydroxylation sites is 2. The van der Waals surface area contributed by atoms with E-state index in [9.17, 15) is 4.79 Å². The molecule has 1 N–H and O–H groups in total. The first-order valence-corrected chi connectivity index (χ1v) is 7.72. The number of aromatic nitrogens is 3. The van der Waals surface area contributed by atoms with Crippen LogP contribution < -0.4 is 5.32 Å². The minimum atomic E-state index is -0.525. The molecule has 0 fully saturated rings. The van der Waals surface area contributed by atoms with Gasteiger partial charge in [-0.2, -0.15) is 0 Å². The van der Waals surface area contributed by atoms with Gasteiger partial charge in [0, 0.05) is 5.70 Å². The molecule has 0 radical (unpaired) electrons. The predicted molar refractivity (Wildman–Crippen MR) is 87.3 cm³/mol. The van der Waals surface area contributed by atoms with Crippen molar-refractivity contribution in [2.75, 3.05) is 11.9 Å². The first-order chi connectivity index (χ1) is 11.7. The molecule has 1 atom stereocenters. The van der Waals surface area contributed by atoms with Crippen molar-refractivity contribution in [1.82, 2.24) is 14.5 Å². The van der Waals surface area contributed by atoms with Crippen molar-refractivity contribution in [2.45, 2.75) is 19.9 Å². The van der Waals surface area contributed by atoms with Gasteiger partial charge in [-0.3, -0.25) is 4.57 Å². The van der Waals surface area contributed by atoms with E-state index in [2.05, 4.69) is 15.3 Å². The van der Waals surface area contributed by atoms with Crippen molar-refractivity contribution >= 4 is 23.0 Å². The van der Waals surface area contributed by atoms with Crippen LogP contribution in [0.15, 0.2) is 52.4 Å². The maximum Gasteiger partial charge on any atom is 0.338 e. The lowest BCUT2D eigenvalue weighted by Crippen LogP contribution is -2.29. The molecule has 0 saturated carbocycles. The van der Waals surface area contributed by atoms with Gasteiger partial charge in [0.1, 0.15) is 12.3 Å². The van der Waals surface area contributed by atoms with Crippen LogP contribution in [0.5, 0.6) is 0 Å². The summed E-state index contributed by atoms with van der Waals surface area (Å²) in [7, 11) is 0. The minimum Gasteiger partial charge on any atom is -0.463 e. The molecule has 0 saturated heterocycles. The minimum absolute atomic E-state index is 0.297. The Bertz CT molecular complexity index is 940. The van der Waals surface area contributed by atoms with Crippen LogP contribution in [0.2, 0.25) is 0 Å². The number of fused-ring (bicyclic) bond motifs is 3. The average Bonchev–Trinajstić information content (AvgIpc) is 3.21. The van der Waals surface area contributed by atoms with Gasteiger partial charge in [-0.25, -0.2) is 14.8 Å². The third-order valence-corrected chi connectivity index (χ3v) is 4.01. The maximum atomic E-state index is 12.6. The van der Waals surface area contributed by atoms with Gasteiger partial charge in [0.05, 0.1) is 29.4 Å². The summed E-state index contributed by atoms with van der Waals surface area (Å²) in [5.74, 6) is 0.669. The van der Waals surface area contributed by atoms with E-state index in [1.165, 1.54) is 6.26 Å². The Labute approximate surface area is 138 Å². The SMILES string of the molecule is CCOC(=O)C1=C(C)Nc2nc3ccccc3n2C1c1ncco1. The Hall–Kier alpha value is -3.09. The molecule has 0 amide bonds. The smallest absolute Gasteiger partial charge is 0.338 e. The fraction of sp³-hybridized carbons (Fsp3) is 0.235. The quantitative estimate of drug-likeness (QED) is 0.746. The van der Waals surface area contributed by atoms with E-state index >= 15 is 0 Å². The maximum absolute atomic E-state index is 12.6. The lowest BCUT2D eigenvalue weighted by Gasteiger charge is -2.27. The molecule has 7 heteroatoms. The van der Waals surface area contributed by atoms with Crippen molar-refractivity contribution in [3.8, 4) is 0 Å². The number of rotatable bonds is 3. The zero-order chi connectivity index (χ0) is 16.7. The van der Waals surface area contributed by atoms with Crippen LogP contribution in [-0.4, -0.2) is 27.1 Å². The summed E-state index contributed by atoms with van der Waals surface area (Å²) in [5, 5.41) is 3.19. The summed E-state index contributed by atoms with van der Waals surface area (Å²) in [6.45, 7) is 3.90. The van der Waals surface area contributed by atoms with Gasteiger partial charge in [-0.1, -0.05) is 12.1 Å². The summed E-state index contributed by atoms with van der Waals surface area (Å²) in [6, 6.07) is 7.21. The molecule has 24 heavy (non-hydrogen) atoms. The number of hydrogen-bond acceptors (Lipinski definition) is 6. The molecule has 2 aromatic heterocycles. The van der Waals surface area contributed by atoms with Crippen molar-refractivity contribution in [3.63, 3.8) is 0 Å². The summed E-state index contributed by atoms with van der Waals surface area (Å²) in [5.41, 5.74) is 2.86. The van der Waals surface area contributed by atoms with Gasteiger partial charge in [0.15, 0.2) is 0 Å². The zero-order valence-electron chi connectivity index (χ0n) is 13.3. The van der Waals surface area contributed by atoms with Gasteiger partial charge in [0.2, 0.25) is 11.8 Å². The summed E-state index contributed by atoms with van der Waals surface area (Å²) in [4.78, 5) is 21.4. The number of hydrogen-bond donors (Lipinski definition) is 1. The van der Waals surface area contributed by atoms with E-state index in [4.69, 9.17) is 9.15 Å². The molecule has 1 aliphatic heterocycles. The highest BCUT2D eigenvalue weighted by Gasteiger charge is 2.37. The number of imidazole rings is 1. The van der Waals surface area contributed by atoms with Crippen LogP contribution in [0, 0.1) is 0 Å². The molecule has 4 rings (SSSR count). The topological polar surface area (TPSA) is 82.2 Å². The summed E-state index contributed by atoms with van der Waals surface area (Å²) < 4.78 is 12.7. The van der Waals surface area contributed by atoms with Crippen LogP contribution in [0.1, 0.15) is 25.8 Å². The molecule has 1 unspecified atom stereocenters. The monoisotopic (exact) mass is 324 g/mol. The largest absolute Gasteiger partial charge is 0.463 e. The molecule has 3 heterocycles. The molecule has 0 spiro atoms. The van der Waals surface area contributed by atoms with E-state index in [0.717, 1.165) is 11.0 Å². The highest BCUT2D eigenvalue weighted by atomic mass is 16.5. The molecule has 7 nitrogen and oxygen atoms in total. The van der Waals surface area contributed by atoms with E-state index in [0.29, 0.717) is 29.7 Å². The van der Waals surface area contributed by atoms with Gasteiger partial charge < -0.3 is 14.5 Å². The fourth-order valence-corrected chi connectivity index (χ4v) is 3.04. The lowest BCUT2D eigenvalue weighted by atomic mass is 10.0. The second kappa shape index (κ2) is 5.52. The third-order valence-electron chi connectivity index (χ3n) is 4.01. The second-order valence-electron chi connectivity index (χ2n) is 5.45. The Morgan fingerprint density at radius 1 is 1.42 bits per heavy atom. The van der Waals surface area contributed by atoms with Gasteiger partial charge in [0.25, 0.3) is 0 Å². The van der Waals surface area contributed by atoms with E-state index in [-0.39, 0.29) is 0 Å². The third kappa shape index (κ3) is 2.09. The van der Waals surface area contributed by atoms with Crippen molar-refractivity contribution in [3.05, 3.63) is 53.9 Å². The van der Waals surface area contributed by atoms with Crippen molar-refractivity contribution < 1.29 is 13.9 Å². The molecular formula is C17H16N4O3. The number of carbonyl (C=O) groups is 1. The molecule has 3 aromatic rings. The standard InChI is InChI=1S/C17H16N4O3/c1-3-23-16(22)13-10(2)19-17-20-11-6-4-5-7-12(11)21(17)14(13)15-18-8-9-24-15/h4-9,14H,3H2,1-2H3,(H,19,20). The normalized spacial score (nSPS) is 16.8. The highest BCUT2D eigenvalue weighted by Crippen LogP contribution is 2.38. The van der Waals surface area contributed by atoms with Crippen LogP contribution in [0.4, 0.5) is 5.95 Å². The fourth-order valence-electron chi connectivity index (χ4n) is 3.04. The molecule has 0 bridgehead atoms. The molecule has 0 aliphatic carbocycles. The van der Waals surface area contributed by atoms with Crippen LogP contribution in [0.3, 0.4) is 0 Å². The van der Waals surface area contributed by atoms with Gasteiger partial charge >= 0.3 is 5.97 Å². The van der Waals surface area contributed by atoms with Gasteiger partial charge in [-0.05, 0) is 26.0 Å². The number of anilines is 1. The number of nitrogens with one attached hydrogen (secondary N) is 1. The Morgan fingerprint density at radius 3 is 3.00 bits per heavy atom. The zero-order valence-corrected chi connectivity index (χ0v) is 13.3. The van der Waals surface area contributed by atoms with E-state index in [1.807, 2.05) is 35.8 Å². The lowest BCUT2D eigenvalue weighted by molar-refractivity contribution is -0.139. The Balaban J connectivity index is 1.97. The molecule has 1 aliphatic rings. The molecular weight excluding hydrogens is 308 g/mol. The number of ether oxygens (including phenoxy) is 1. The van der Waals surface area contributed by atoms with E-state index in [1.54, 1.807) is 13.1 Å². The number of oxazole rings is 1. The predicted octanol–water partition coefficient (Wildman–Crippen LogP) is 2.88. The number of allylic oxidation sites excluding steroid dienone is 1. The Morgan fingerprint density at radius 2 is 2.25 bits per heavy atom. The number of nitrogens with zero attached hydrogens (tertiary/aromatic N) is 3. The van der Waals surface area contributed by atoms with E-state index < -0.39 is 12.0 Å². The first kappa shape index (κ1) is 14.5. The van der Waals surface area contributed by atoms with Crippen LogP contribution in [-0.2, 0) is 9.53 Å². The number of carbonyl (C=O) groups excluding carboxylic acids is 1. The van der Waals surface area contributed by atoms with Crippen molar-refractivity contribution in [2.24, 2.45) is 0 Å². The van der Waals surface area contributed by atoms with Crippen molar-refractivity contribution in [1.29, 1.82) is 0 Å². The van der Waals surface area contributed by atoms with Crippen LogP contribution >= 0.6 is 0 Å². The molecule has 122 valence electrons. The first-order valence-electron chi connectivity index (χ1n) is 7.72. The number of benzene rings is 1. The summed E-state index contributed by atoms with van der Waals surface area (Å²) >= 11 is 0. The van der Waals surface area contributed by atoms with Gasteiger partial charge in [-0.15, -0.1) is 0 Å².